The van der Waals surface area contributed by atoms with Crippen LogP contribution in [0.1, 0.15) is 18.0 Å². The number of nitrogens with one attached hydrogen (secondary N) is 1. The second-order valence-electron chi connectivity index (χ2n) is 4.64. The number of hydrogen-bond acceptors (Lipinski definition) is 3. The van der Waals surface area contributed by atoms with Crippen molar-refractivity contribution in [1.29, 1.82) is 0 Å². The summed E-state index contributed by atoms with van der Waals surface area (Å²) < 4.78 is 18.5. The normalized spacial score (nSPS) is 18.8. The van der Waals surface area contributed by atoms with E-state index in [0.29, 0.717) is 0 Å². The summed E-state index contributed by atoms with van der Waals surface area (Å²) in [5.74, 6) is -0.167. The van der Waals surface area contributed by atoms with Crippen LogP contribution < -0.4 is 5.32 Å². The summed E-state index contributed by atoms with van der Waals surface area (Å²) in [6.45, 7) is 4.67. The lowest BCUT2D eigenvalue weighted by atomic mass is 10.0. The van der Waals surface area contributed by atoms with Crippen molar-refractivity contribution in [2.24, 2.45) is 0 Å². The maximum Gasteiger partial charge on any atom is 0.123 e. The smallest absolute Gasteiger partial charge is 0.123 e. The van der Waals surface area contributed by atoms with Crippen LogP contribution in [0.15, 0.2) is 24.3 Å². The Morgan fingerprint density at radius 2 is 2.17 bits per heavy atom. The van der Waals surface area contributed by atoms with Gasteiger partial charge >= 0.3 is 0 Å². The van der Waals surface area contributed by atoms with Gasteiger partial charge in [0.15, 0.2) is 0 Å². The van der Waals surface area contributed by atoms with E-state index in [1.54, 1.807) is 12.1 Å². The largest absolute Gasteiger partial charge is 0.379 e. The van der Waals surface area contributed by atoms with Gasteiger partial charge in [-0.1, -0.05) is 12.1 Å². The van der Waals surface area contributed by atoms with Crippen molar-refractivity contribution >= 4 is 0 Å². The predicted octanol–water partition coefficient (Wildman–Crippen LogP) is 1.81. The molecule has 100 valence electrons. The third-order valence-electron chi connectivity index (χ3n) is 3.44. The summed E-state index contributed by atoms with van der Waals surface area (Å²) in [5, 5.41) is 3.26. The molecule has 1 heterocycles. The molecule has 1 atom stereocenters. The topological polar surface area (TPSA) is 24.5 Å². The molecule has 4 heteroatoms. The van der Waals surface area contributed by atoms with Gasteiger partial charge in [-0.25, -0.2) is 4.39 Å². The van der Waals surface area contributed by atoms with Gasteiger partial charge in [-0.15, -0.1) is 0 Å². The highest BCUT2D eigenvalue weighted by atomic mass is 19.1. The van der Waals surface area contributed by atoms with Crippen LogP contribution in [0, 0.1) is 5.82 Å². The SMILES string of the molecule is CNC(CCN1CCOCC1)c1cccc(F)c1. The van der Waals surface area contributed by atoms with Crippen molar-refractivity contribution in [3.05, 3.63) is 35.6 Å². The predicted molar refractivity (Wildman–Crippen MR) is 70.1 cm³/mol. The van der Waals surface area contributed by atoms with Gasteiger partial charge in [-0.2, -0.15) is 0 Å². The molecule has 18 heavy (non-hydrogen) atoms. The van der Waals surface area contributed by atoms with Crippen molar-refractivity contribution in [2.45, 2.75) is 12.5 Å². The van der Waals surface area contributed by atoms with E-state index in [1.165, 1.54) is 6.07 Å². The maximum atomic E-state index is 13.2. The number of hydrogen-bond donors (Lipinski definition) is 1. The molecule has 1 aromatic carbocycles. The fraction of sp³-hybridized carbons (Fsp3) is 0.571. The van der Waals surface area contributed by atoms with Crippen molar-refractivity contribution in [3.63, 3.8) is 0 Å². The monoisotopic (exact) mass is 252 g/mol. The number of benzene rings is 1. The minimum atomic E-state index is -0.167. The minimum Gasteiger partial charge on any atom is -0.379 e. The Morgan fingerprint density at radius 1 is 1.39 bits per heavy atom. The van der Waals surface area contributed by atoms with Gasteiger partial charge in [-0.3, -0.25) is 4.90 Å². The van der Waals surface area contributed by atoms with Gasteiger partial charge in [0.2, 0.25) is 0 Å². The molecule has 0 saturated carbocycles. The van der Waals surface area contributed by atoms with E-state index in [9.17, 15) is 4.39 Å². The van der Waals surface area contributed by atoms with Crippen LogP contribution in [0.4, 0.5) is 4.39 Å². The zero-order chi connectivity index (χ0) is 12.8. The van der Waals surface area contributed by atoms with Gasteiger partial charge in [0.05, 0.1) is 13.2 Å². The zero-order valence-electron chi connectivity index (χ0n) is 10.9. The van der Waals surface area contributed by atoms with Gasteiger partial charge in [-0.05, 0) is 31.2 Å². The quantitative estimate of drug-likeness (QED) is 0.865. The fourth-order valence-corrected chi connectivity index (χ4v) is 2.34. The van der Waals surface area contributed by atoms with Crippen LogP contribution in [0.3, 0.4) is 0 Å². The Kier molecular flexibility index (Phi) is 5.11. The minimum absolute atomic E-state index is 0.167. The molecule has 1 saturated heterocycles. The molecule has 1 aromatic rings. The molecule has 1 N–H and O–H groups in total. The highest BCUT2D eigenvalue weighted by molar-refractivity contribution is 5.20. The van der Waals surface area contributed by atoms with E-state index in [2.05, 4.69) is 10.2 Å². The Morgan fingerprint density at radius 3 is 2.83 bits per heavy atom. The summed E-state index contributed by atoms with van der Waals surface area (Å²) in [6.07, 6.45) is 0.986. The maximum absolute atomic E-state index is 13.2. The van der Waals surface area contributed by atoms with Crippen molar-refractivity contribution < 1.29 is 9.13 Å². The molecular weight excluding hydrogens is 231 g/mol. The molecule has 3 nitrogen and oxygen atoms in total. The molecule has 0 bridgehead atoms. The summed E-state index contributed by atoms with van der Waals surface area (Å²) >= 11 is 0. The molecule has 1 aliphatic rings. The van der Waals surface area contributed by atoms with Crippen LogP contribution in [-0.2, 0) is 4.74 Å². The lowest BCUT2D eigenvalue weighted by Gasteiger charge is -2.28. The van der Waals surface area contributed by atoms with Crippen LogP contribution in [-0.4, -0.2) is 44.8 Å². The van der Waals surface area contributed by atoms with Crippen LogP contribution in [0.5, 0.6) is 0 Å². The number of ether oxygens (including phenoxy) is 1. The Bertz CT molecular complexity index is 367. The first-order valence-corrected chi connectivity index (χ1v) is 6.52. The molecule has 0 aliphatic carbocycles. The summed E-state index contributed by atoms with van der Waals surface area (Å²) in [7, 11) is 1.93. The first-order valence-electron chi connectivity index (χ1n) is 6.52. The number of rotatable bonds is 5. The molecule has 1 unspecified atom stereocenters. The van der Waals surface area contributed by atoms with Crippen LogP contribution in [0.2, 0.25) is 0 Å². The fourth-order valence-electron chi connectivity index (χ4n) is 2.34. The molecule has 1 aliphatic heterocycles. The number of morpholine rings is 1. The summed E-state index contributed by atoms with van der Waals surface area (Å²) in [5.41, 5.74) is 1.02. The molecule has 0 aromatic heterocycles. The average Bonchev–Trinajstić information content (AvgIpc) is 2.41. The Labute approximate surface area is 108 Å². The van der Waals surface area contributed by atoms with Crippen molar-refractivity contribution in [1.82, 2.24) is 10.2 Å². The van der Waals surface area contributed by atoms with E-state index in [1.807, 2.05) is 13.1 Å². The van der Waals surface area contributed by atoms with Crippen molar-refractivity contribution in [2.75, 3.05) is 39.9 Å². The van der Waals surface area contributed by atoms with Gasteiger partial charge in [0, 0.05) is 25.7 Å². The van der Waals surface area contributed by atoms with E-state index >= 15 is 0 Å². The third kappa shape index (κ3) is 3.77. The number of halogens is 1. The lowest BCUT2D eigenvalue weighted by Crippen LogP contribution is -2.38. The van der Waals surface area contributed by atoms with E-state index in [4.69, 9.17) is 4.74 Å². The van der Waals surface area contributed by atoms with E-state index in [0.717, 1.165) is 44.8 Å². The van der Waals surface area contributed by atoms with Crippen molar-refractivity contribution in [3.8, 4) is 0 Å². The summed E-state index contributed by atoms with van der Waals surface area (Å²) in [4.78, 5) is 2.40. The Hall–Kier alpha value is -0.970. The Balaban J connectivity index is 1.88. The molecule has 1 fully saturated rings. The highest BCUT2D eigenvalue weighted by Crippen LogP contribution is 2.18. The molecular formula is C14H21FN2O. The molecule has 2 rings (SSSR count). The first-order chi connectivity index (χ1) is 8.79. The van der Waals surface area contributed by atoms with Gasteiger partial charge < -0.3 is 10.1 Å². The average molecular weight is 252 g/mol. The van der Waals surface area contributed by atoms with Crippen LogP contribution >= 0.6 is 0 Å². The third-order valence-corrected chi connectivity index (χ3v) is 3.44. The molecule has 0 spiro atoms. The van der Waals surface area contributed by atoms with E-state index < -0.39 is 0 Å². The second kappa shape index (κ2) is 6.83. The van der Waals surface area contributed by atoms with Crippen LogP contribution in [0.25, 0.3) is 0 Å². The zero-order valence-corrected chi connectivity index (χ0v) is 10.9. The standard InChI is InChI=1S/C14H21FN2O/c1-16-14(12-3-2-4-13(15)11-12)5-6-17-7-9-18-10-8-17/h2-4,11,14,16H,5-10H2,1H3. The van der Waals surface area contributed by atoms with E-state index in [-0.39, 0.29) is 11.9 Å². The summed E-state index contributed by atoms with van der Waals surface area (Å²) in [6, 6.07) is 7.05. The number of nitrogens with zero attached hydrogens (tertiary/aromatic N) is 1. The lowest BCUT2D eigenvalue weighted by molar-refractivity contribution is 0.0362. The highest BCUT2D eigenvalue weighted by Gasteiger charge is 2.14. The molecule has 0 amide bonds. The first kappa shape index (κ1) is 13.5. The van der Waals surface area contributed by atoms with Gasteiger partial charge in [0.1, 0.15) is 5.82 Å². The second-order valence-corrected chi connectivity index (χ2v) is 4.64. The molecule has 0 radical (unpaired) electrons. The van der Waals surface area contributed by atoms with Gasteiger partial charge in [0.25, 0.3) is 0 Å².